The van der Waals surface area contributed by atoms with Crippen molar-refractivity contribution < 1.29 is 23.1 Å². The molecule has 0 aliphatic carbocycles. The largest absolute Gasteiger partial charge is 0.507 e. The Kier molecular flexibility index (Phi) is 8.67. The number of phenols is 1. The van der Waals surface area contributed by atoms with Crippen LogP contribution in [0.5, 0.6) is 5.75 Å². The molecular weight excluding hydrogens is 520 g/mol. The van der Waals surface area contributed by atoms with Crippen molar-refractivity contribution in [1.82, 2.24) is 20.3 Å². The van der Waals surface area contributed by atoms with Gasteiger partial charge in [-0.2, -0.15) is 0 Å². The topological polar surface area (TPSA) is 178 Å². The van der Waals surface area contributed by atoms with Crippen molar-refractivity contribution in [2.45, 2.75) is 23.8 Å². The Morgan fingerprint density at radius 1 is 1.08 bits per heavy atom. The molecule has 1 saturated heterocycles. The number of amides is 2. The van der Waals surface area contributed by atoms with E-state index in [4.69, 9.17) is 11.1 Å². The van der Waals surface area contributed by atoms with E-state index in [1.165, 1.54) is 24.3 Å². The van der Waals surface area contributed by atoms with Gasteiger partial charge in [0.25, 0.3) is 5.91 Å². The summed E-state index contributed by atoms with van der Waals surface area (Å²) < 4.78 is 28.6. The molecule has 206 valence electrons. The summed E-state index contributed by atoms with van der Waals surface area (Å²) in [6, 6.07) is 16.7. The highest BCUT2D eigenvalue weighted by molar-refractivity contribution is 7.89. The van der Waals surface area contributed by atoms with Crippen LogP contribution in [0.1, 0.15) is 23.2 Å². The maximum atomic E-state index is 13.2. The van der Waals surface area contributed by atoms with Gasteiger partial charge in [0.2, 0.25) is 15.9 Å². The highest BCUT2D eigenvalue weighted by atomic mass is 32.2. The number of rotatable bonds is 9. The van der Waals surface area contributed by atoms with Crippen LogP contribution in [0.15, 0.2) is 71.6 Å². The predicted molar refractivity (Wildman–Crippen MR) is 148 cm³/mol. The number of carbonyl (C=O) groups excluding carboxylic acids is 2. The van der Waals surface area contributed by atoms with Gasteiger partial charge in [-0.3, -0.25) is 15.0 Å². The number of likely N-dealkylation sites (tertiary alicyclic amines) is 1. The summed E-state index contributed by atoms with van der Waals surface area (Å²) in [5.74, 6) is -1.56. The number of carbonyl (C=O) groups is 2. The van der Waals surface area contributed by atoms with Gasteiger partial charge in [-0.25, -0.2) is 13.1 Å². The number of phenolic OH excluding ortho intramolecular Hbond substituents is 1. The van der Waals surface area contributed by atoms with Crippen LogP contribution in [0.3, 0.4) is 0 Å². The molecule has 0 aromatic heterocycles. The molecule has 0 spiro atoms. The Bertz CT molecular complexity index is 1480. The van der Waals surface area contributed by atoms with Crippen LogP contribution in [0, 0.1) is 11.3 Å². The van der Waals surface area contributed by atoms with E-state index in [2.05, 4.69) is 15.4 Å². The number of piperidine rings is 1. The van der Waals surface area contributed by atoms with Gasteiger partial charge in [-0.15, -0.1) is 0 Å². The molecule has 1 heterocycles. The van der Waals surface area contributed by atoms with Gasteiger partial charge in [0.1, 0.15) is 11.8 Å². The molecule has 39 heavy (non-hydrogen) atoms. The fourth-order valence-electron chi connectivity index (χ4n) is 4.54. The summed E-state index contributed by atoms with van der Waals surface area (Å²) in [4.78, 5) is 27.8. The molecule has 4 rings (SSSR count). The van der Waals surface area contributed by atoms with Crippen LogP contribution in [0.25, 0.3) is 10.8 Å². The first-order chi connectivity index (χ1) is 18.6. The smallest absolute Gasteiger partial charge is 0.255 e. The predicted octanol–water partition coefficient (Wildman–Crippen LogP) is 1.34. The van der Waals surface area contributed by atoms with Crippen LogP contribution < -0.4 is 21.1 Å². The second-order valence-corrected chi connectivity index (χ2v) is 11.3. The van der Waals surface area contributed by atoms with Gasteiger partial charge >= 0.3 is 0 Å². The SMILES string of the molecule is N=C(N)N1CCCC(CNC(=O)[C@H](CNS(=O)(=O)c2ccc3ccccc3c2)NC(=O)c2ccccc2O)C1. The maximum absolute atomic E-state index is 13.2. The fraction of sp³-hybridized carbons (Fsp3) is 0.296. The molecule has 0 bridgehead atoms. The molecule has 0 radical (unpaired) electrons. The minimum absolute atomic E-state index is 0.0260. The van der Waals surface area contributed by atoms with E-state index < -0.39 is 34.4 Å². The quantitative estimate of drug-likeness (QED) is 0.171. The monoisotopic (exact) mass is 552 g/mol. The number of hydrogen-bond acceptors (Lipinski definition) is 6. The van der Waals surface area contributed by atoms with Crippen LogP contribution in [-0.2, 0) is 14.8 Å². The average Bonchev–Trinajstić information content (AvgIpc) is 2.94. The maximum Gasteiger partial charge on any atom is 0.255 e. The molecule has 12 heteroatoms. The number of hydrogen-bond donors (Lipinski definition) is 6. The van der Waals surface area contributed by atoms with Gasteiger partial charge in [0, 0.05) is 26.2 Å². The minimum atomic E-state index is -4.02. The van der Waals surface area contributed by atoms with Crippen molar-refractivity contribution in [3.8, 4) is 5.75 Å². The highest BCUT2D eigenvalue weighted by Gasteiger charge is 2.27. The van der Waals surface area contributed by atoms with Crippen LogP contribution >= 0.6 is 0 Å². The van der Waals surface area contributed by atoms with Gasteiger partial charge < -0.3 is 26.4 Å². The zero-order valence-electron chi connectivity index (χ0n) is 21.3. The molecule has 1 aliphatic heterocycles. The fourth-order valence-corrected chi connectivity index (χ4v) is 5.62. The highest BCUT2D eigenvalue weighted by Crippen LogP contribution is 2.19. The van der Waals surface area contributed by atoms with Crippen LogP contribution in [-0.4, -0.2) is 68.4 Å². The number of sulfonamides is 1. The summed E-state index contributed by atoms with van der Waals surface area (Å²) in [6.45, 7) is 1.04. The second-order valence-electron chi connectivity index (χ2n) is 9.49. The molecule has 2 amide bonds. The number of para-hydroxylation sites is 1. The summed E-state index contributed by atoms with van der Waals surface area (Å²) >= 11 is 0. The van der Waals surface area contributed by atoms with Crippen LogP contribution in [0.2, 0.25) is 0 Å². The Morgan fingerprint density at radius 3 is 2.54 bits per heavy atom. The lowest BCUT2D eigenvalue weighted by atomic mass is 9.98. The lowest BCUT2D eigenvalue weighted by molar-refractivity contribution is -0.123. The second kappa shape index (κ2) is 12.1. The Labute approximate surface area is 226 Å². The molecule has 3 aromatic carbocycles. The van der Waals surface area contributed by atoms with E-state index in [0.717, 1.165) is 23.6 Å². The number of nitrogens with two attached hydrogens (primary N) is 1. The molecule has 2 atom stereocenters. The zero-order chi connectivity index (χ0) is 28.0. The van der Waals surface area contributed by atoms with E-state index >= 15 is 0 Å². The van der Waals surface area contributed by atoms with Crippen molar-refractivity contribution >= 4 is 38.6 Å². The lowest BCUT2D eigenvalue weighted by Crippen LogP contribution is -2.54. The van der Waals surface area contributed by atoms with Gasteiger partial charge in [0.05, 0.1) is 10.5 Å². The number of nitrogens with one attached hydrogen (secondary N) is 4. The molecule has 1 unspecified atom stereocenters. The van der Waals surface area contributed by atoms with Crippen molar-refractivity contribution in [2.75, 3.05) is 26.2 Å². The lowest BCUT2D eigenvalue weighted by Gasteiger charge is -2.33. The van der Waals surface area contributed by atoms with Crippen molar-refractivity contribution in [2.24, 2.45) is 11.7 Å². The summed E-state index contributed by atoms with van der Waals surface area (Å²) in [5, 5.41) is 24.7. The van der Waals surface area contributed by atoms with Crippen LogP contribution in [0.4, 0.5) is 0 Å². The van der Waals surface area contributed by atoms with E-state index in [1.807, 2.05) is 18.2 Å². The molecule has 3 aromatic rings. The number of nitrogens with zero attached hydrogens (tertiary/aromatic N) is 1. The average molecular weight is 553 g/mol. The molecule has 11 nitrogen and oxygen atoms in total. The number of aromatic hydroxyl groups is 1. The summed E-state index contributed by atoms with van der Waals surface area (Å²) in [7, 11) is -4.02. The Morgan fingerprint density at radius 2 is 1.79 bits per heavy atom. The van der Waals surface area contributed by atoms with E-state index in [9.17, 15) is 23.1 Å². The van der Waals surface area contributed by atoms with E-state index in [0.29, 0.717) is 13.1 Å². The molecule has 0 saturated carbocycles. The van der Waals surface area contributed by atoms with Gasteiger partial charge in [-0.1, -0.05) is 42.5 Å². The van der Waals surface area contributed by atoms with Crippen molar-refractivity contribution in [3.63, 3.8) is 0 Å². The van der Waals surface area contributed by atoms with Gasteiger partial charge in [0.15, 0.2) is 5.96 Å². The summed E-state index contributed by atoms with van der Waals surface area (Å²) in [6.07, 6.45) is 1.65. The van der Waals surface area contributed by atoms with E-state index in [-0.39, 0.29) is 34.6 Å². The van der Waals surface area contributed by atoms with Crippen molar-refractivity contribution in [3.05, 3.63) is 72.3 Å². The van der Waals surface area contributed by atoms with E-state index in [1.54, 1.807) is 29.2 Å². The normalized spacial score (nSPS) is 16.4. The third kappa shape index (κ3) is 7.03. The first-order valence-electron chi connectivity index (χ1n) is 12.6. The molecule has 1 fully saturated rings. The molecular formula is C27H32N6O5S. The first kappa shape index (κ1) is 27.9. The molecule has 1 aliphatic rings. The zero-order valence-corrected chi connectivity index (χ0v) is 22.1. The standard InChI is InChI=1S/C27H32N6O5S/c28-27(29)33-13-5-6-18(17-33)15-30-26(36)23(32-25(35)22-9-3-4-10-24(22)34)16-31-39(37,38)21-12-11-19-7-1-2-8-20(19)14-21/h1-4,7-12,14,18,23,31,34H,5-6,13,15-17H2,(H3,28,29)(H,30,36)(H,32,35)/t18?,23-/m0/s1. The minimum Gasteiger partial charge on any atom is -0.507 e. The number of guanidine groups is 1. The molecule has 7 N–H and O–H groups in total. The third-order valence-corrected chi connectivity index (χ3v) is 8.13. The summed E-state index contributed by atoms with van der Waals surface area (Å²) in [5.41, 5.74) is 5.56. The number of fused-ring (bicyclic) bond motifs is 1. The Balaban J connectivity index is 1.48. The van der Waals surface area contributed by atoms with Crippen molar-refractivity contribution in [1.29, 1.82) is 5.41 Å². The van der Waals surface area contributed by atoms with Gasteiger partial charge in [-0.05, 0) is 53.8 Å². The third-order valence-electron chi connectivity index (χ3n) is 6.70. The number of benzene rings is 3. The Hall–Kier alpha value is -4.16. The first-order valence-corrected chi connectivity index (χ1v) is 14.1.